The Morgan fingerprint density at radius 2 is 1.96 bits per heavy atom. The Balaban J connectivity index is 2.11. The van der Waals surface area contributed by atoms with Crippen LogP contribution in [0.5, 0.6) is 5.75 Å². The zero-order valence-corrected chi connectivity index (χ0v) is 14.9. The monoisotopic (exact) mass is 389 g/mol. The molecule has 2 rings (SSSR count). The molecule has 0 aliphatic heterocycles. The molecule has 0 heterocycles. The van der Waals surface area contributed by atoms with Crippen molar-refractivity contribution < 1.29 is 24.4 Å². The number of carboxylic acid groups (broad SMARTS) is 1. The van der Waals surface area contributed by atoms with E-state index >= 15 is 0 Å². The first kappa shape index (κ1) is 19.8. The van der Waals surface area contributed by atoms with E-state index in [0.717, 1.165) is 6.07 Å². The highest BCUT2D eigenvalue weighted by Crippen LogP contribution is 2.28. The van der Waals surface area contributed by atoms with Crippen LogP contribution in [0.3, 0.4) is 0 Å². The van der Waals surface area contributed by atoms with Crippen molar-refractivity contribution in [3.8, 4) is 5.75 Å². The number of nitro benzene ring substituents is 1. The van der Waals surface area contributed by atoms with Gasteiger partial charge in [0.2, 0.25) is 0 Å². The number of hydrogen-bond acceptors (Lipinski definition) is 6. The minimum absolute atomic E-state index is 0.0218. The van der Waals surface area contributed by atoms with Gasteiger partial charge in [0.05, 0.1) is 17.1 Å². The van der Waals surface area contributed by atoms with Crippen LogP contribution in [0.15, 0.2) is 42.5 Å². The molecule has 0 atom stereocenters. The number of nitrogens with zero attached hydrogens (tertiary/aromatic N) is 1. The normalized spacial score (nSPS) is 9.96. The summed E-state index contributed by atoms with van der Waals surface area (Å²) in [5, 5.41) is 25.1. The first-order chi connectivity index (χ1) is 12.8. The summed E-state index contributed by atoms with van der Waals surface area (Å²) in [6.07, 6.45) is 0. The number of ether oxygens (including phenoxy) is 1. The van der Waals surface area contributed by atoms with Gasteiger partial charge in [-0.05, 0) is 49.5 Å². The number of nitro groups is 1. The molecule has 0 spiro atoms. The molecular weight excluding hydrogens is 374 g/mol. The van der Waals surface area contributed by atoms with Crippen molar-refractivity contribution in [2.45, 2.75) is 6.92 Å². The zero-order valence-electron chi connectivity index (χ0n) is 14.1. The summed E-state index contributed by atoms with van der Waals surface area (Å²) in [5.41, 5.74) is 0.111. The van der Waals surface area contributed by atoms with Crippen LogP contribution in [0.25, 0.3) is 0 Å². The summed E-state index contributed by atoms with van der Waals surface area (Å²) in [6, 6.07) is 9.66. The van der Waals surface area contributed by atoms with E-state index in [1.165, 1.54) is 30.3 Å². The van der Waals surface area contributed by atoms with Gasteiger partial charge in [-0.3, -0.25) is 20.2 Å². The van der Waals surface area contributed by atoms with Crippen molar-refractivity contribution in [1.29, 1.82) is 0 Å². The second-order valence-electron chi connectivity index (χ2n) is 5.17. The number of nitrogens with one attached hydrogen (secondary N) is 2. The Hall–Kier alpha value is -3.53. The molecule has 0 saturated carbocycles. The van der Waals surface area contributed by atoms with E-state index in [2.05, 4.69) is 10.6 Å². The van der Waals surface area contributed by atoms with Crippen LogP contribution in [-0.4, -0.2) is 33.6 Å². The maximum atomic E-state index is 12.3. The third-order valence-corrected chi connectivity index (χ3v) is 3.52. The van der Waals surface area contributed by atoms with Gasteiger partial charge < -0.3 is 15.2 Å². The summed E-state index contributed by atoms with van der Waals surface area (Å²) in [4.78, 5) is 33.7. The smallest absolute Gasteiger partial charge is 0.335 e. The van der Waals surface area contributed by atoms with Gasteiger partial charge >= 0.3 is 11.7 Å². The third-order valence-electron chi connectivity index (χ3n) is 3.31. The van der Waals surface area contributed by atoms with Gasteiger partial charge in [-0.15, -0.1) is 0 Å². The van der Waals surface area contributed by atoms with Crippen LogP contribution in [0.4, 0.5) is 11.4 Å². The Bertz CT molecular complexity index is 915. The van der Waals surface area contributed by atoms with Gasteiger partial charge in [0.25, 0.3) is 5.91 Å². The largest absolute Gasteiger partial charge is 0.487 e. The maximum absolute atomic E-state index is 12.3. The molecule has 9 nitrogen and oxygen atoms in total. The number of rotatable bonds is 6. The number of amides is 1. The highest BCUT2D eigenvalue weighted by molar-refractivity contribution is 7.80. The van der Waals surface area contributed by atoms with E-state index in [1.807, 2.05) is 0 Å². The lowest BCUT2D eigenvalue weighted by atomic mass is 10.1. The van der Waals surface area contributed by atoms with Crippen LogP contribution < -0.4 is 15.4 Å². The van der Waals surface area contributed by atoms with Crippen molar-refractivity contribution in [2.24, 2.45) is 0 Å². The fourth-order valence-corrected chi connectivity index (χ4v) is 2.36. The minimum atomic E-state index is -1.10. The number of benzene rings is 2. The van der Waals surface area contributed by atoms with E-state index in [4.69, 9.17) is 22.1 Å². The number of carbonyl (C=O) groups is 2. The molecule has 0 saturated heterocycles. The molecule has 27 heavy (non-hydrogen) atoms. The molecule has 0 unspecified atom stereocenters. The number of aromatic carboxylic acids is 1. The van der Waals surface area contributed by atoms with Crippen molar-refractivity contribution >= 4 is 40.6 Å². The lowest BCUT2D eigenvalue weighted by molar-refractivity contribution is -0.385. The van der Waals surface area contributed by atoms with E-state index < -0.39 is 16.8 Å². The van der Waals surface area contributed by atoms with Gasteiger partial charge in [0, 0.05) is 17.3 Å². The average molecular weight is 389 g/mol. The lowest BCUT2D eigenvalue weighted by Crippen LogP contribution is -2.34. The molecule has 0 aliphatic carbocycles. The van der Waals surface area contributed by atoms with Crippen LogP contribution in [0.1, 0.15) is 27.6 Å². The molecule has 2 aromatic carbocycles. The van der Waals surface area contributed by atoms with E-state index in [-0.39, 0.29) is 34.3 Å². The van der Waals surface area contributed by atoms with Gasteiger partial charge in [0.15, 0.2) is 10.9 Å². The third kappa shape index (κ3) is 5.22. The Kier molecular flexibility index (Phi) is 6.39. The van der Waals surface area contributed by atoms with Crippen molar-refractivity contribution in [3.63, 3.8) is 0 Å². The first-order valence-corrected chi connectivity index (χ1v) is 8.09. The molecule has 0 aliphatic rings. The van der Waals surface area contributed by atoms with Gasteiger partial charge in [-0.1, -0.05) is 6.07 Å². The summed E-state index contributed by atoms with van der Waals surface area (Å²) >= 11 is 5.02. The zero-order chi connectivity index (χ0) is 20.0. The molecule has 0 bridgehead atoms. The number of thiocarbonyl (C=S) groups is 1. The van der Waals surface area contributed by atoms with Crippen LogP contribution in [-0.2, 0) is 0 Å². The van der Waals surface area contributed by atoms with E-state index in [1.54, 1.807) is 13.0 Å². The van der Waals surface area contributed by atoms with Crippen LogP contribution >= 0.6 is 12.2 Å². The summed E-state index contributed by atoms with van der Waals surface area (Å²) in [7, 11) is 0. The predicted molar refractivity (Wildman–Crippen MR) is 101 cm³/mol. The molecule has 1 amide bonds. The first-order valence-electron chi connectivity index (χ1n) is 7.68. The lowest BCUT2D eigenvalue weighted by Gasteiger charge is -2.11. The summed E-state index contributed by atoms with van der Waals surface area (Å²) in [6.45, 7) is 1.93. The van der Waals surface area contributed by atoms with Crippen molar-refractivity contribution in [1.82, 2.24) is 5.32 Å². The number of carbonyl (C=O) groups excluding carboxylic acids is 1. The van der Waals surface area contributed by atoms with E-state index in [9.17, 15) is 19.7 Å². The second kappa shape index (κ2) is 8.72. The molecule has 2 aromatic rings. The minimum Gasteiger partial charge on any atom is -0.487 e. The molecule has 0 aromatic heterocycles. The maximum Gasteiger partial charge on any atom is 0.335 e. The Morgan fingerprint density at radius 1 is 1.22 bits per heavy atom. The van der Waals surface area contributed by atoms with E-state index in [0.29, 0.717) is 5.69 Å². The standard InChI is InChI=1S/C17H15N3O6S/c1-2-26-14-7-6-10(9-13(14)20(24)25)15(21)19-17(27)18-12-5-3-4-11(8-12)16(22)23/h3-9H,2H2,1H3,(H,22,23)(H2,18,19,21,27). The highest BCUT2D eigenvalue weighted by atomic mass is 32.1. The molecule has 10 heteroatoms. The van der Waals surface area contributed by atoms with Crippen molar-refractivity contribution in [3.05, 3.63) is 63.7 Å². The van der Waals surface area contributed by atoms with Gasteiger partial charge in [-0.25, -0.2) is 4.79 Å². The van der Waals surface area contributed by atoms with Crippen LogP contribution in [0.2, 0.25) is 0 Å². The number of anilines is 1. The summed E-state index contributed by atoms with van der Waals surface area (Å²) < 4.78 is 5.16. The topological polar surface area (TPSA) is 131 Å². The molecule has 3 N–H and O–H groups in total. The highest BCUT2D eigenvalue weighted by Gasteiger charge is 2.19. The Labute approximate surface area is 159 Å². The van der Waals surface area contributed by atoms with Crippen LogP contribution in [0, 0.1) is 10.1 Å². The van der Waals surface area contributed by atoms with Gasteiger partial charge in [0.1, 0.15) is 0 Å². The van der Waals surface area contributed by atoms with Gasteiger partial charge in [-0.2, -0.15) is 0 Å². The predicted octanol–water partition coefficient (Wildman–Crippen LogP) is 2.82. The SMILES string of the molecule is CCOc1ccc(C(=O)NC(=S)Nc2cccc(C(=O)O)c2)cc1[N+](=O)[O-]. The number of carboxylic acids is 1. The number of hydrogen-bond donors (Lipinski definition) is 3. The Morgan fingerprint density at radius 3 is 2.59 bits per heavy atom. The quantitative estimate of drug-likeness (QED) is 0.390. The molecular formula is C17H15N3O6S. The van der Waals surface area contributed by atoms with Crippen molar-refractivity contribution in [2.75, 3.05) is 11.9 Å². The summed E-state index contributed by atoms with van der Waals surface area (Å²) in [5.74, 6) is -1.70. The molecule has 0 fully saturated rings. The fourth-order valence-electron chi connectivity index (χ4n) is 2.15. The fraction of sp³-hybridized carbons (Fsp3) is 0.118. The molecule has 0 radical (unpaired) electrons. The second-order valence-corrected chi connectivity index (χ2v) is 5.58. The average Bonchev–Trinajstić information content (AvgIpc) is 2.62. The molecule has 140 valence electrons.